The van der Waals surface area contributed by atoms with Gasteiger partial charge in [-0.1, -0.05) is 170 Å². The van der Waals surface area contributed by atoms with Crippen LogP contribution in [0, 0.1) is 13.5 Å². The Kier molecular flexibility index (Phi) is 13.0. The summed E-state index contributed by atoms with van der Waals surface area (Å²) in [6.45, 7) is 11.4. The first-order valence-corrected chi connectivity index (χ1v) is 29.8. The van der Waals surface area contributed by atoms with Crippen LogP contribution in [-0.2, 0) is 0 Å². The zero-order valence-corrected chi connectivity index (χ0v) is 48.5. The van der Waals surface area contributed by atoms with Gasteiger partial charge in [0.05, 0.1) is 57.1 Å². The first-order valence-electron chi connectivity index (χ1n) is 29.8. The SMILES string of the molecule is [C-]#[N+]c1cc(-n2c3ccc(-c4ccnc(-c5ccccc5)c4)cc3c3cc(-c4ccnc(-c5ccccc5)c4)ccc32)c(-c2ccccc2C)cc1-n1c2ccc(-c3ccnc(-c4ccccc4)c3)cc2c2cc(-c3ccnc(-c4ccccc4)c3)ccc21. The Labute approximate surface area is 515 Å². The van der Waals surface area contributed by atoms with Crippen LogP contribution in [0.1, 0.15) is 5.56 Å². The van der Waals surface area contributed by atoms with E-state index in [1.165, 1.54) is 0 Å². The predicted molar refractivity (Wildman–Crippen MR) is 366 cm³/mol. The molecule has 7 nitrogen and oxygen atoms in total. The van der Waals surface area contributed by atoms with E-state index in [1.54, 1.807) is 0 Å². The van der Waals surface area contributed by atoms with E-state index in [1.807, 2.05) is 73.3 Å². The third kappa shape index (κ3) is 9.50. The van der Waals surface area contributed by atoms with E-state index in [9.17, 15) is 6.57 Å². The van der Waals surface area contributed by atoms with Gasteiger partial charge in [0.25, 0.3) is 0 Å². The Hall–Kier alpha value is -12.1. The van der Waals surface area contributed by atoms with E-state index in [0.717, 1.165) is 161 Å². The average molecular weight is 1140 g/mol. The first-order chi connectivity index (χ1) is 44.0. The second-order valence-electron chi connectivity index (χ2n) is 22.6. The molecule has 0 aliphatic heterocycles. The summed E-state index contributed by atoms with van der Waals surface area (Å²) in [4.78, 5) is 23.7. The lowest BCUT2D eigenvalue weighted by molar-refractivity contribution is 1.15. The quantitative estimate of drug-likeness (QED) is 0.121. The number of hydrogen-bond donors (Lipinski definition) is 0. The maximum atomic E-state index is 9.23. The van der Waals surface area contributed by atoms with Crippen molar-refractivity contribution in [1.82, 2.24) is 29.1 Å². The zero-order valence-electron chi connectivity index (χ0n) is 48.5. The standard InChI is InChI=1S/C82H53N7/c1-53-17-15-16-26-66(53)71-51-82(89-79-33-29-60(64-37-41-86-74(49-64)56-22-11-5-12-23-56)45-69(79)70-46-61(30-34-80(70)89)65-38-42-87-75(50-65)57-24-13-6-14-25-57)76(83-2)52-81(71)88-77-31-27-58(62-35-39-84-72(47-62)54-18-7-3-8-19-54)43-67(77)68-44-59(28-32-78(68)88)63-36-40-85-73(48-63)55-20-9-4-10-21-55/h3-52H,1H3. The number of nitrogens with zero attached hydrogens (tertiary/aromatic N) is 7. The van der Waals surface area contributed by atoms with Crippen molar-refractivity contribution in [2.75, 3.05) is 0 Å². The zero-order chi connectivity index (χ0) is 59.4. The highest BCUT2D eigenvalue weighted by Gasteiger charge is 2.24. The van der Waals surface area contributed by atoms with E-state index in [0.29, 0.717) is 5.69 Å². The predicted octanol–water partition coefficient (Wildman–Crippen LogP) is 21.3. The Balaban J connectivity index is 0.924. The lowest BCUT2D eigenvalue weighted by Crippen LogP contribution is -2.02. The Bertz CT molecular complexity index is 5170. The molecule has 10 aromatic carbocycles. The molecule has 0 atom stereocenters. The van der Waals surface area contributed by atoms with Gasteiger partial charge in [-0.25, -0.2) is 4.85 Å². The Morgan fingerprint density at radius 1 is 0.270 bits per heavy atom. The van der Waals surface area contributed by atoms with Crippen LogP contribution in [0.25, 0.3) is 160 Å². The number of rotatable bonds is 11. The van der Waals surface area contributed by atoms with Gasteiger partial charge in [0.2, 0.25) is 5.69 Å². The summed E-state index contributed by atoms with van der Waals surface area (Å²) < 4.78 is 4.69. The molecular weight excluding hydrogens is 1080 g/mol. The first kappa shape index (κ1) is 52.4. The maximum Gasteiger partial charge on any atom is 0.212 e. The van der Waals surface area contributed by atoms with Crippen LogP contribution in [0.15, 0.2) is 304 Å². The van der Waals surface area contributed by atoms with Crippen molar-refractivity contribution in [1.29, 1.82) is 0 Å². The second-order valence-corrected chi connectivity index (χ2v) is 22.6. The van der Waals surface area contributed by atoms with Crippen molar-refractivity contribution in [3.05, 3.63) is 321 Å². The largest absolute Gasteiger partial charge is 0.319 e. The smallest absolute Gasteiger partial charge is 0.212 e. The molecule has 0 bridgehead atoms. The van der Waals surface area contributed by atoms with Crippen molar-refractivity contribution < 1.29 is 0 Å². The Morgan fingerprint density at radius 3 is 0.899 bits per heavy atom. The number of benzene rings is 10. The van der Waals surface area contributed by atoms with Crippen LogP contribution in [0.5, 0.6) is 0 Å². The van der Waals surface area contributed by atoms with Gasteiger partial charge in [0.1, 0.15) is 0 Å². The molecule has 0 aliphatic rings. The fourth-order valence-corrected chi connectivity index (χ4v) is 12.9. The topological polar surface area (TPSA) is 65.8 Å². The van der Waals surface area contributed by atoms with Gasteiger partial charge < -0.3 is 9.13 Å². The van der Waals surface area contributed by atoms with Crippen LogP contribution in [0.4, 0.5) is 5.69 Å². The molecule has 0 radical (unpaired) electrons. The molecule has 0 amide bonds. The summed E-state index contributed by atoms with van der Waals surface area (Å²) in [7, 11) is 0. The van der Waals surface area contributed by atoms with Gasteiger partial charge in [-0.15, -0.1) is 0 Å². The molecule has 0 fully saturated rings. The molecule has 0 spiro atoms. The van der Waals surface area contributed by atoms with Gasteiger partial charge >= 0.3 is 0 Å². The number of fused-ring (bicyclic) bond motifs is 6. The third-order valence-corrected chi connectivity index (χ3v) is 17.3. The molecule has 0 saturated heterocycles. The van der Waals surface area contributed by atoms with Crippen molar-refractivity contribution in [2.24, 2.45) is 0 Å². The summed E-state index contributed by atoms with van der Waals surface area (Å²) in [6, 6.07) is 98.4. The van der Waals surface area contributed by atoms with E-state index in [-0.39, 0.29) is 0 Å². The van der Waals surface area contributed by atoms with E-state index >= 15 is 0 Å². The molecular formula is C82H53N7. The fraction of sp³-hybridized carbons (Fsp3) is 0.0122. The fourth-order valence-electron chi connectivity index (χ4n) is 12.9. The van der Waals surface area contributed by atoms with Crippen molar-refractivity contribution in [3.8, 4) is 112 Å². The third-order valence-electron chi connectivity index (χ3n) is 17.3. The van der Waals surface area contributed by atoms with Crippen LogP contribution < -0.4 is 0 Å². The number of pyridine rings is 4. The summed E-state index contributed by atoms with van der Waals surface area (Å²) in [5.41, 5.74) is 25.9. The molecule has 89 heavy (non-hydrogen) atoms. The van der Waals surface area contributed by atoms with Gasteiger partial charge in [0, 0.05) is 79.8 Å². The van der Waals surface area contributed by atoms with Crippen LogP contribution >= 0.6 is 0 Å². The summed E-state index contributed by atoms with van der Waals surface area (Å²) in [5.74, 6) is 0. The molecule has 416 valence electrons. The van der Waals surface area contributed by atoms with E-state index < -0.39 is 0 Å². The highest BCUT2D eigenvalue weighted by Crippen LogP contribution is 2.46. The summed E-state index contributed by atoms with van der Waals surface area (Å²) in [6.07, 6.45) is 7.60. The van der Waals surface area contributed by atoms with E-state index in [2.05, 4.69) is 251 Å². The molecule has 0 saturated carbocycles. The maximum absolute atomic E-state index is 9.23. The van der Waals surface area contributed by atoms with Crippen LogP contribution in [0.2, 0.25) is 0 Å². The average Bonchev–Trinajstić information content (AvgIpc) is 1.63. The van der Waals surface area contributed by atoms with Gasteiger partial charge in [-0.2, -0.15) is 0 Å². The van der Waals surface area contributed by atoms with Crippen molar-refractivity contribution in [2.45, 2.75) is 6.92 Å². The van der Waals surface area contributed by atoms with Gasteiger partial charge in [-0.05, 0) is 172 Å². The van der Waals surface area contributed by atoms with Crippen molar-refractivity contribution in [3.63, 3.8) is 0 Å². The molecule has 0 aliphatic carbocycles. The van der Waals surface area contributed by atoms with Gasteiger partial charge in [-0.3, -0.25) is 19.9 Å². The molecule has 7 heteroatoms. The number of aryl methyl sites for hydroxylation is 1. The molecule has 0 unspecified atom stereocenters. The highest BCUT2D eigenvalue weighted by molar-refractivity contribution is 6.14. The molecule has 6 heterocycles. The number of aromatic nitrogens is 6. The minimum atomic E-state index is 0.520. The minimum Gasteiger partial charge on any atom is -0.319 e. The van der Waals surface area contributed by atoms with E-state index in [4.69, 9.17) is 19.9 Å². The summed E-state index contributed by atoms with van der Waals surface area (Å²) >= 11 is 0. The van der Waals surface area contributed by atoms with Crippen LogP contribution in [0.3, 0.4) is 0 Å². The highest BCUT2D eigenvalue weighted by atomic mass is 15.0. The monoisotopic (exact) mass is 1140 g/mol. The second kappa shape index (κ2) is 22.1. The van der Waals surface area contributed by atoms with Gasteiger partial charge in [0.15, 0.2) is 0 Å². The lowest BCUT2D eigenvalue weighted by Gasteiger charge is -2.20. The Morgan fingerprint density at radius 2 is 0.573 bits per heavy atom. The minimum absolute atomic E-state index is 0.520. The number of hydrogen-bond acceptors (Lipinski definition) is 4. The normalized spacial score (nSPS) is 11.4. The molecule has 6 aromatic heterocycles. The molecule has 16 rings (SSSR count). The van der Waals surface area contributed by atoms with Crippen molar-refractivity contribution >= 4 is 49.3 Å². The van der Waals surface area contributed by atoms with Crippen LogP contribution in [-0.4, -0.2) is 29.1 Å². The molecule has 0 N–H and O–H groups in total. The summed E-state index contributed by atoms with van der Waals surface area (Å²) in [5, 5.41) is 4.30. The molecule has 16 aromatic rings. The lowest BCUT2D eigenvalue weighted by atomic mass is 9.97.